The molecule has 1 aliphatic heterocycles. The highest BCUT2D eigenvalue weighted by Gasteiger charge is 2.57. The minimum atomic E-state index is 0.0369. The van der Waals surface area contributed by atoms with Gasteiger partial charge in [-0.25, -0.2) is 0 Å². The highest BCUT2D eigenvalue weighted by atomic mass is 16.5. The molecular formula is C12H22O2. The second-order valence-corrected chi connectivity index (χ2v) is 5.87. The Labute approximate surface area is 86.6 Å². The minimum absolute atomic E-state index is 0.0369. The monoisotopic (exact) mass is 198 g/mol. The summed E-state index contributed by atoms with van der Waals surface area (Å²) in [6.07, 6.45) is 4.76. The Bertz CT molecular complexity index is 224. The summed E-state index contributed by atoms with van der Waals surface area (Å²) in [5.74, 6) is 0.698. The quantitative estimate of drug-likeness (QED) is 0.738. The van der Waals surface area contributed by atoms with Crippen molar-refractivity contribution in [2.75, 3.05) is 6.61 Å². The van der Waals surface area contributed by atoms with Crippen molar-refractivity contribution >= 4 is 0 Å². The van der Waals surface area contributed by atoms with Crippen molar-refractivity contribution in [3.8, 4) is 0 Å². The minimum Gasteiger partial charge on any atom is -0.394 e. The lowest BCUT2D eigenvalue weighted by Gasteiger charge is -2.39. The van der Waals surface area contributed by atoms with E-state index in [0.717, 1.165) is 12.8 Å². The third-order valence-corrected chi connectivity index (χ3v) is 4.09. The SMILES string of the molecule is CC1(C)CC1C1(C)CCCC(CO)O1. The molecule has 82 valence electrons. The molecule has 2 fully saturated rings. The molecule has 0 bridgehead atoms. The van der Waals surface area contributed by atoms with Crippen molar-refractivity contribution in [1.82, 2.24) is 0 Å². The molecule has 0 aromatic heterocycles. The molecule has 1 heterocycles. The first kappa shape index (κ1) is 10.4. The fourth-order valence-electron chi connectivity index (χ4n) is 3.07. The molecule has 1 saturated carbocycles. The fraction of sp³-hybridized carbons (Fsp3) is 1.00. The number of rotatable bonds is 2. The van der Waals surface area contributed by atoms with Gasteiger partial charge in [0.2, 0.25) is 0 Å². The van der Waals surface area contributed by atoms with Gasteiger partial charge in [-0.15, -0.1) is 0 Å². The predicted octanol–water partition coefficient (Wildman–Crippen LogP) is 2.35. The Morgan fingerprint density at radius 2 is 2.00 bits per heavy atom. The second kappa shape index (κ2) is 3.21. The molecule has 1 N–H and O–H groups in total. The molecule has 3 atom stereocenters. The summed E-state index contributed by atoms with van der Waals surface area (Å²) in [5.41, 5.74) is 0.501. The summed E-state index contributed by atoms with van der Waals surface area (Å²) >= 11 is 0. The molecule has 14 heavy (non-hydrogen) atoms. The molecule has 0 aromatic carbocycles. The number of aliphatic hydroxyl groups excluding tert-OH is 1. The standard InChI is InChI=1S/C12H22O2/c1-11(2)7-10(11)12(3)6-4-5-9(8-13)14-12/h9-10,13H,4-8H2,1-3H3. The summed E-state index contributed by atoms with van der Waals surface area (Å²) < 4.78 is 6.03. The Morgan fingerprint density at radius 1 is 1.36 bits per heavy atom. The van der Waals surface area contributed by atoms with Crippen LogP contribution in [0.1, 0.15) is 46.5 Å². The average Bonchev–Trinajstić information content (AvgIpc) is 2.76. The van der Waals surface area contributed by atoms with Crippen LogP contribution in [0.25, 0.3) is 0 Å². The molecular weight excluding hydrogens is 176 g/mol. The molecule has 2 nitrogen and oxygen atoms in total. The van der Waals surface area contributed by atoms with Crippen LogP contribution in [-0.4, -0.2) is 23.4 Å². The van der Waals surface area contributed by atoms with Gasteiger partial charge in [0.15, 0.2) is 0 Å². The molecule has 2 heteroatoms. The smallest absolute Gasteiger partial charge is 0.0813 e. The molecule has 0 radical (unpaired) electrons. The Hall–Kier alpha value is -0.0800. The summed E-state index contributed by atoms with van der Waals surface area (Å²) in [6.45, 7) is 7.04. The Balaban J connectivity index is 2.01. The summed E-state index contributed by atoms with van der Waals surface area (Å²) in [6, 6.07) is 0. The zero-order valence-corrected chi connectivity index (χ0v) is 9.55. The van der Waals surface area contributed by atoms with Gasteiger partial charge in [0.25, 0.3) is 0 Å². The number of hydrogen-bond acceptors (Lipinski definition) is 2. The van der Waals surface area contributed by atoms with Gasteiger partial charge in [0.1, 0.15) is 0 Å². The Morgan fingerprint density at radius 3 is 2.50 bits per heavy atom. The first-order chi connectivity index (χ1) is 6.48. The highest BCUT2D eigenvalue weighted by Crippen LogP contribution is 2.60. The van der Waals surface area contributed by atoms with E-state index in [1.807, 2.05) is 0 Å². The first-order valence-electron chi connectivity index (χ1n) is 5.77. The van der Waals surface area contributed by atoms with Crippen LogP contribution in [0.4, 0.5) is 0 Å². The van der Waals surface area contributed by atoms with E-state index in [1.165, 1.54) is 12.8 Å². The summed E-state index contributed by atoms with van der Waals surface area (Å²) in [7, 11) is 0. The van der Waals surface area contributed by atoms with E-state index in [1.54, 1.807) is 0 Å². The maximum atomic E-state index is 9.13. The van der Waals surface area contributed by atoms with Crippen molar-refractivity contribution in [2.24, 2.45) is 11.3 Å². The molecule has 1 saturated heterocycles. The lowest BCUT2D eigenvalue weighted by atomic mass is 9.86. The van der Waals surface area contributed by atoms with E-state index in [9.17, 15) is 0 Å². The van der Waals surface area contributed by atoms with Crippen molar-refractivity contribution in [1.29, 1.82) is 0 Å². The van der Waals surface area contributed by atoms with Crippen LogP contribution in [0.2, 0.25) is 0 Å². The van der Waals surface area contributed by atoms with Gasteiger partial charge in [-0.2, -0.15) is 0 Å². The van der Waals surface area contributed by atoms with E-state index < -0.39 is 0 Å². The maximum absolute atomic E-state index is 9.13. The van der Waals surface area contributed by atoms with Crippen molar-refractivity contribution in [2.45, 2.75) is 58.2 Å². The van der Waals surface area contributed by atoms with Gasteiger partial charge in [0.05, 0.1) is 18.3 Å². The van der Waals surface area contributed by atoms with Gasteiger partial charge in [-0.3, -0.25) is 0 Å². The normalized spacial score (nSPS) is 46.3. The molecule has 2 rings (SSSR count). The average molecular weight is 198 g/mol. The van der Waals surface area contributed by atoms with Crippen LogP contribution in [0.5, 0.6) is 0 Å². The first-order valence-corrected chi connectivity index (χ1v) is 5.77. The van der Waals surface area contributed by atoms with E-state index in [4.69, 9.17) is 9.84 Å². The number of ether oxygens (including phenoxy) is 1. The molecule has 1 aliphatic carbocycles. The van der Waals surface area contributed by atoms with Crippen LogP contribution < -0.4 is 0 Å². The molecule has 0 aromatic rings. The number of aliphatic hydroxyl groups is 1. The van der Waals surface area contributed by atoms with E-state index in [2.05, 4.69) is 20.8 Å². The third-order valence-electron chi connectivity index (χ3n) is 4.09. The van der Waals surface area contributed by atoms with Crippen LogP contribution in [0, 0.1) is 11.3 Å². The number of hydrogen-bond donors (Lipinski definition) is 1. The lowest BCUT2D eigenvalue weighted by molar-refractivity contribution is -0.147. The predicted molar refractivity (Wildman–Crippen MR) is 56.1 cm³/mol. The molecule has 3 unspecified atom stereocenters. The summed E-state index contributed by atoms with van der Waals surface area (Å²) in [5, 5.41) is 9.13. The zero-order valence-electron chi connectivity index (χ0n) is 9.55. The molecule has 0 spiro atoms. The van der Waals surface area contributed by atoms with E-state index in [0.29, 0.717) is 11.3 Å². The van der Waals surface area contributed by atoms with E-state index in [-0.39, 0.29) is 18.3 Å². The van der Waals surface area contributed by atoms with Crippen LogP contribution in [0.3, 0.4) is 0 Å². The topological polar surface area (TPSA) is 29.5 Å². The lowest BCUT2D eigenvalue weighted by Crippen LogP contribution is -2.42. The van der Waals surface area contributed by atoms with Crippen LogP contribution in [0.15, 0.2) is 0 Å². The van der Waals surface area contributed by atoms with Gasteiger partial charge in [0, 0.05) is 0 Å². The van der Waals surface area contributed by atoms with Crippen LogP contribution in [-0.2, 0) is 4.74 Å². The maximum Gasteiger partial charge on any atom is 0.0813 e. The second-order valence-electron chi connectivity index (χ2n) is 5.87. The van der Waals surface area contributed by atoms with Gasteiger partial charge >= 0.3 is 0 Å². The van der Waals surface area contributed by atoms with Crippen molar-refractivity contribution in [3.63, 3.8) is 0 Å². The third kappa shape index (κ3) is 1.70. The Kier molecular flexibility index (Phi) is 2.39. The van der Waals surface area contributed by atoms with Crippen LogP contribution >= 0.6 is 0 Å². The van der Waals surface area contributed by atoms with Crippen molar-refractivity contribution < 1.29 is 9.84 Å². The highest BCUT2D eigenvalue weighted by molar-refractivity contribution is 5.07. The van der Waals surface area contributed by atoms with Crippen molar-refractivity contribution in [3.05, 3.63) is 0 Å². The van der Waals surface area contributed by atoms with E-state index >= 15 is 0 Å². The van der Waals surface area contributed by atoms with Gasteiger partial charge in [-0.1, -0.05) is 13.8 Å². The summed E-state index contributed by atoms with van der Waals surface area (Å²) in [4.78, 5) is 0. The van der Waals surface area contributed by atoms with Gasteiger partial charge in [-0.05, 0) is 43.9 Å². The zero-order chi connectivity index (χ0) is 10.4. The fourth-order valence-corrected chi connectivity index (χ4v) is 3.07. The molecule has 0 amide bonds. The van der Waals surface area contributed by atoms with Gasteiger partial charge < -0.3 is 9.84 Å². The largest absolute Gasteiger partial charge is 0.394 e. The molecule has 2 aliphatic rings.